The van der Waals surface area contributed by atoms with Crippen molar-refractivity contribution in [2.24, 2.45) is 5.73 Å². The van der Waals surface area contributed by atoms with Gasteiger partial charge in [-0.2, -0.15) is 5.10 Å². The fourth-order valence-corrected chi connectivity index (χ4v) is 1.72. The second kappa shape index (κ2) is 7.22. The first-order chi connectivity index (χ1) is 10.2. The normalized spacial score (nSPS) is 9.81. The summed E-state index contributed by atoms with van der Waals surface area (Å²) in [6.45, 7) is 1.13. The van der Waals surface area contributed by atoms with E-state index in [9.17, 15) is 9.18 Å². The van der Waals surface area contributed by atoms with E-state index in [1.54, 1.807) is 23.1 Å². The highest BCUT2D eigenvalue weighted by molar-refractivity contribution is 5.94. The maximum atomic E-state index is 13.7. The minimum Gasteiger partial charge on any atom is -0.350 e. The van der Waals surface area contributed by atoms with Crippen LogP contribution in [0.2, 0.25) is 0 Å². The molecule has 0 saturated carbocycles. The second-order valence-electron chi connectivity index (χ2n) is 4.23. The number of hydrogen-bond acceptors (Lipinski definition) is 3. The zero-order valence-corrected chi connectivity index (χ0v) is 11.3. The van der Waals surface area contributed by atoms with Crippen LogP contribution in [0, 0.1) is 17.7 Å². The van der Waals surface area contributed by atoms with Crippen LogP contribution in [0.4, 0.5) is 4.39 Å². The predicted molar refractivity (Wildman–Crippen MR) is 76.9 cm³/mol. The summed E-state index contributed by atoms with van der Waals surface area (Å²) in [6.07, 6.45) is 3.47. The Morgan fingerprint density at radius 1 is 1.48 bits per heavy atom. The summed E-state index contributed by atoms with van der Waals surface area (Å²) in [5.41, 5.74) is 5.72. The van der Waals surface area contributed by atoms with Gasteiger partial charge in [-0.05, 0) is 24.3 Å². The summed E-state index contributed by atoms with van der Waals surface area (Å²) in [4.78, 5) is 11.9. The van der Waals surface area contributed by atoms with Gasteiger partial charge in [0.25, 0.3) is 5.91 Å². The monoisotopic (exact) mass is 286 g/mol. The fourth-order valence-electron chi connectivity index (χ4n) is 1.72. The lowest BCUT2D eigenvalue weighted by atomic mass is 10.1. The van der Waals surface area contributed by atoms with Crippen molar-refractivity contribution in [3.8, 4) is 11.8 Å². The van der Waals surface area contributed by atoms with Crippen LogP contribution in [0.25, 0.3) is 0 Å². The van der Waals surface area contributed by atoms with Crippen LogP contribution < -0.4 is 11.1 Å². The molecule has 1 amide bonds. The molecule has 0 aliphatic heterocycles. The van der Waals surface area contributed by atoms with Gasteiger partial charge in [-0.1, -0.05) is 11.8 Å². The molecule has 0 bridgehead atoms. The molecule has 0 unspecified atom stereocenters. The van der Waals surface area contributed by atoms with Gasteiger partial charge in [0.1, 0.15) is 5.82 Å². The average Bonchev–Trinajstić information content (AvgIpc) is 2.99. The number of hydrogen-bond donors (Lipinski definition) is 2. The van der Waals surface area contributed by atoms with Crippen molar-refractivity contribution < 1.29 is 9.18 Å². The van der Waals surface area contributed by atoms with E-state index >= 15 is 0 Å². The zero-order chi connectivity index (χ0) is 15.1. The lowest BCUT2D eigenvalue weighted by molar-refractivity contribution is 0.0951. The van der Waals surface area contributed by atoms with E-state index in [1.165, 1.54) is 18.2 Å². The van der Waals surface area contributed by atoms with Crippen molar-refractivity contribution in [3.05, 3.63) is 53.6 Å². The fraction of sp³-hybridized carbons (Fsp3) is 0.200. The van der Waals surface area contributed by atoms with Crippen molar-refractivity contribution in [1.82, 2.24) is 15.1 Å². The maximum absolute atomic E-state index is 13.7. The molecule has 108 valence electrons. The van der Waals surface area contributed by atoms with Gasteiger partial charge in [0.05, 0.1) is 18.7 Å². The second-order valence-corrected chi connectivity index (χ2v) is 4.23. The maximum Gasteiger partial charge on any atom is 0.251 e. The highest BCUT2D eigenvalue weighted by atomic mass is 19.1. The van der Waals surface area contributed by atoms with Gasteiger partial charge in [-0.15, -0.1) is 0 Å². The lowest BCUT2D eigenvalue weighted by Crippen LogP contribution is -2.27. The Morgan fingerprint density at radius 3 is 3.00 bits per heavy atom. The van der Waals surface area contributed by atoms with Crippen LogP contribution in [-0.4, -0.2) is 28.8 Å². The number of nitrogens with one attached hydrogen (secondary N) is 1. The SMILES string of the molecule is NCC#Cc1ccc(C(=O)NCCn2cccn2)cc1F. The van der Waals surface area contributed by atoms with Gasteiger partial charge in [-0.3, -0.25) is 9.48 Å². The molecule has 0 radical (unpaired) electrons. The summed E-state index contributed by atoms with van der Waals surface area (Å²) in [5.74, 6) is 4.31. The van der Waals surface area contributed by atoms with E-state index in [0.717, 1.165) is 0 Å². The highest BCUT2D eigenvalue weighted by Crippen LogP contribution is 2.09. The Morgan fingerprint density at radius 2 is 2.33 bits per heavy atom. The molecule has 2 rings (SSSR count). The number of nitrogens with two attached hydrogens (primary N) is 1. The summed E-state index contributed by atoms with van der Waals surface area (Å²) < 4.78 is 15.4. The largest absolute Gasteiger partial charge is 0.350 e. The Balaban J connectivity index is 1.94. The van der Waals surface area contributed by atoms with Gasteiger partial charge in [0, 0.05) is 24.5 Å². The molecule has 0 aliphatic carbocycles. The zero-order valence-electron chi connectivity index (χ0n) is 11.3. The van der Waals surface area contributed by atoms with Crippen LogP contribution in [0.5, 0.6) is 0 Å². The smallest absolute Gasteiger partial charge is 0.251 e. The summed E-state index contributed by atoms with van der Waals surface area (Å²) in [5, 5.41) is 6.72. The first-order valence-electron chi connectivity index (χ1n) is 6.45. The molecule has 0 fully saturated rings. The minimum atomic E-state index is -0.532. The van der Waals surface area contributed by atoms with Crippen LogP contribution in [0.1, 0.15) is 15.9 Å². The molecular formula is C15H15FN4O. The van der Waals surface area contributed by atoms with Crippen LogP contribution in [0.3, 0.4) is 0 Å². The van der Waals surface area contributed by atoms with E-state index in [2.05, 4.69) is 22.3 Å². The van der Waals surface area contributed by atoms with Crippen molar-refractivity contribution in [1.29, 1.82) is 0 Å². The minimum absolute atomic E-state index is 0.162. The molecule has 0 aliphatic rings. The van der Waals surface area contributed by atoms with Crippen molar-refractivity contribution in [2.45, 2.75) is 6.54 Å². The number of nitrogens with zero attached hydrogens (tertiary/aromatic N) is 2. The van der Waals surface area contributed by atoms with E-state index in [4.69, 9.17) is 5.73 Å². The summed E-state index contributed by atoms with van der Waals surface area (Å²) in [6, 6.07) is 5.98. The highest BCUT2D eigenvalue weighted by Gasteiger charge is 2.08. The molecule has 3 N–H and O–H groups in total. The van der Waals surface area contributed by atoms with E-state index < -0.39 is 5.82 Å². The van der Waals surface area contributed by atoms with E-state index in [0.29, 0.717) is 13.1 Å². The molecule has 5 nitrogen and oxygen atoms in total. The first kappa shape index (κ1) is 14.8. The topological polar surface area (TPSA) is 72.9 Å². The average molecular weight is 286 g/mol. The van der Waals surface area contributed by atoms with Gasteiger partial charge < -0.3 is 11.1 Å². The quantitative estimate of drug-likeness (QED) is 0.815. The Kier molecular flexibility index (Phi) is 5.07. The number of aromatic nitrogens is 2. The molecule has 1 aromatic carbocycles. The number of carbonyl (C=O) groups excluding carboxylic acids is 1. The number of halogens is 1. The number of rotatable bonds is 4. The molecule has 6 heteroatoms. The lowest BCUT2D eigenvalue weighted by Gasteiger charge is -2.06. The molecule has 0 saturated heterocycles. The van der Waals surface area contributed by atoms with Crippen LogP contribution in [0.15, 0.2) is 36.7 Å². The number of carbonyl (C=O) groups is 1. The van der Waals surface area contributed by atoms with E-state index in [1.807, 2.05) is 0 Å². The molecule has 0 spiro atoms. The third-order valence-electron chi connectivity index (χ3n) is 2.74. The van der Waals surface area contributed by atoms with Crippen molar-refractivity contribution in [2.75, 3.05) is 13.1 Å². The van der Waals surface area contributed by atoms with Gasteiger partial charge in [0.2, 0.25) is 0 Å². The Labute approximate surface area is 122 Å². The van der Waals surface area contributed by atoms with Gasteiger partial charge in [0.15, 0.2) is 0 Å². The molecule has 0 atom stereocenters. The number of amides is 1. The molecule has 2 aromatic rings. The van der Waals surface area contributed by atoms with Crippen LogP contribution >= 0.6 is 0 Å². The summed E-state index contributed by atoms with van der Waals surface area (Å²) in [7, 11) is 0. The summed E-state index contributed by atoms with van der Waals surface area (Å²) >= 11 is 0. The van der Waals surface area contributed by atoms with E-state index in [-0.39, 0.29) is 23.6 Å². The van der Waals surface area contributed by atoms with Crippen molar-refractivity contribution in [3.63, 3.8) is 0 Å². The first-order valence-corrected chi connectivity index (χ1v) is 6.45. The van der Waals surface area contributed by atoms with Gasteiger partial charge >= 0.3 is 0 Å². The predicted octanol–water partition coefficient (Wildman–Crippen LogP) is 0.762. The number of benzene rings is 1. The third kappa shape index (κ3) is 4.16. The Bertz CT molecular complexity index is 671. The van der Waals surface area contributed by atoms with Gasteiger partial charge in [-0.25, -0.2) is 4.39 Å². The molecule has 1 heterocycles. The molecular weight excluding hydrogens is 271 g/mol. The Hall–Kier alpha value is -2.65. The third-order valence-corrected chi connectivity index (χ3v) is 2.74. The van der Waals surface area contributed by atoms with Crippen molar-refractivity contribution >= 4 is 5.91 Å². The molecule has 1 aromatic heterocycles. The standard InChI is InChI=1S/C15H15FN4O/c16-14-11-13(5-4-12(14)3-1-6-17)15(21)18-8-10-20-9-2-7-19-20/h2,4-5,7,9,11H,6,8,10,17H2,(H,18,21). The molecule has 21 heavy (non-hydrogen) atoms. The van der Waals surface area contributed by atoms with Crippen LogP contribution in [-0.2, 0) is 6.54 Å².